The third-order valence-corrected chi connectivity index (χ3v) is 3.15. The molecule has 1 saturated heterocycles. The Morgan fingerprint density at radius 2 is 2.47 bits per heavy atom. The predicted molar refractivity (Wildman–Crippen MR) is 56.0 cm³/mol. The first-order valence-electron chi connectivity index (χ1n) is 4.38. The van der Waals surface area contributed by atoms with Crippen LogP contribution < -0.4 is 10.6 Å². The lowest BCUT2D eigenvalue weighted by atomic mass is 10.1. The van der Waals surface area contributed by atoms with Crippen molar-refractivity contribution in [1.82, 2.24) is 0 Å². The molecule has 0 spiro atoms. The van der Waals surface area contributed by atoms with Crippen LogP contribution in [0.3, 0.4) is 0 Å². The minimum Gasteiger partial charge on any atom is -0.465 e. The number of amides is 1. The highest BCUT2D eigenvalue weighted by atomic mass is 32.1. The number of nitrogens with two attached hydrogens (primary N) is 1. The van der Waals surface area contributed by atoms with Gasteiger partial charge in [-0.15, -0.1) is 11.3 Å². The van der Waals surface area contributed by atoms with E-state index in [4.69, 9.17) is 5.73 Å². The van der Waals surface area contributed by atoms with Gasteiger partial charge in [0.05, 0.1) is 19.3 Å². The average molecular weight is 226 g/mol. The van der Waals surface area contributed by atoms with Gasteiger partial charge in [-0.1, -0.05) is 0 Å². The van der Waals surface area contributed by atoms with Crippen LogP contribution in [0.5, 0.6) is 0 Å². The maximum atomic E-state index is 11.4. The SMILES string of the molecule is COC(=O)c1sccc1N1CC(N)C1=O. The van der Waals surface area contributed by atoms with Gasteiger partial charge in [0.15, 0.2) is 0 Å². The highest BCUT2D eigenvalue weighted by Crippen LogP contribution is 2.30. The third-order valence-electron chi connectivity index (χ3n) is 2.27. The van der Waals surface area contributed by atoms with Gasteiger partial charge in [0, 0.05) is 0 Å². The van der Waals surface area contributed by atoms with Gasteiger partial charge in [0.1, 0.15) is 10.9 Å². The van der Waals surface area contributed by atoms with Crippen molar-refractivity contribution < 1.29 is 14.3 Å². The van der Waals surface area contributed by atoms with E-state index in [9.17, 15) is 9.59 Å². The second kappa shape index (κ2) is 3.63. The first-order chi connectivity index (χ1) is 7.15. The van der Waals surface area contributed by atoms with Crippen molar-refractivity contribution >= 4 is 28.9 Å². The molecule has 2 rings (SSSR count). The third kappa shape index (κ3) is 1.51. The fourth-order valence-electron chi connectivity index (χ4n) is 1.43. The molecule has 1 atom stereocenters. The summed E-state index contributed by atoms with van der Waals surface area (Å²) in [6.07, 6.45) is 0. The van der Waals surface area contributed by atoms with E-state index in [2.05, 4.69) is 4.74 Å². The molecule has 1 aliphatic rings. The van der Waals surface area contributed by atoms with Crippen molar-refractivity contribution in [1.29, 1.82) is 0 Å². The molecular formula is C9H10N2O3S. The second-order valence-corrected chi connectivity index (χ2v) is 4.10. The lowest BCUT2D eigenvalue weighted by Crippen LogP contribution is -2.61. The normalized spacial score (nSPS) is 20.0. The molecule has 1 aromatic rings. The molecule has 0 bridgehead atoms. The summed E-state index contributed by atoms with van der Waals surface area (Å²) in [7, 11) is 1.31. The van der Waals surface area contributed by atoms with Gasteiger partial charge in [0.25, 0.3) is 0 Å². The molecule has 0 radical (unpaired) electrons. The summed E-state index contributed by atoms with van der Waals surface area (Å²) in [5.74, 6) is -0.577. The Morgan fingerprint density at radius 3 is 3.00 bits per heavy atom. The molecular weight excluding hydrogens is 216 g/mol. The maximum absolute atomic E-state index is 11.4. The van der Waals surface area contributed by atoms with Crippen LogP contribution in [0.1, 0.15) is 9.67 Å². The molecule has 2 N–H and O–H groups in total. The number of ether oxygens (including phenoxy) is 1. The van der Waals surface area contributed by atoms with E-state index in [1.165, 1.54) is 23.3 Å². The molecule has 0 saturated carbocycles. The van der Waals surface area contributed by atoms with E-state index < -0.39 is 12.0 Å². The smallest absolute Gasteiger partial charge is 0.350 e. The van der Waals surface area contributed by atoms with Gasteiger partial charge in [-0.25, -0.2) is 4.79 Å². The molecule has 0 aromatic carbocycles. The number of rotatable bonds is 2. The topological polar surface area (TPSA) is 72.6 Å². The molecule has 0 aliphatic carbocycles. The Labute approximate surface area is 90.4 Å². The number of β-lactam (4-membered cyclic amide) rings is 1. The van der Waals surface area contributed by atoms with Gasteiger partial charge in [-0.2, -0.15) is 0 Å². The van der Waals surface area contributed by atoms with E-state index in [0.29, 0.717) is 17.1 Å². The number of esters is 1. The Hall–Kier alpha value is -1.40. The highest BCUT2D eigenvalue weighted by molar-refractivity contribution is 7.12. The quantitative estimate of drug-likeness (QED) is 0.578. The molecule has 1 unspecified atom stereocenters. The number of methoxy groups -OCH3 is 1. The number of nitrogens with zero attached hydrogens (tertiary/aromatic N) is 1. The zero-order valence-corrected chi connectivity index (χ0v) is 8.91. The largest absolute Gasteiger partial charge is 0.465 e. The first-order valence-corrected chi connectivity index (χ1v) is 5.26. The number of hydrogen-bond donors (Lipinski definition) is 1. The molecule has 5 nitrogen and oxygen atoms in total. The Bertz CT molecular complexity index is 415. The summed E-state index contributed by atoms with van der Waals surface area (Å²) in [5.41, 5.74) is 6.07. The molecule has 2 heterocycles. The Morgan fingerprint density at radius 1 is 1.73 bits per heavy atom. The van der Waals surface area contributed by atoms with Crippen LogP contribution in [0.15, 0.2) is 11.4 Å². The first kappa shape index (κ1) is 10.1. The fourth-order valence-corrected chi connectivity index (χ4v) is 2.24. The van der Waals surface area contributed by atoms with E-state index in [1.54, 1.807) is 11.4 Å². The summed E-state index contributed by atoms with van der Waals surface area (Å²) >= 11 is 1.25. The van der Waals surface area contributed by atoms with Crippen molar-refractivity contribution in [2.45, 2.75) is 6.04 Å². The van der Waals surface area contributed by atoms with Crippen molar-refractivity contribution in [3.05, 3.63) is 16.3 Å². The monoisotopic (exact) mass is 226 g/mol. The lowest BCUT2D eigenvalue weighted by Gasteiger charge is -2.35. The molecule has 1 aromatic heterocycles. The van der Waals surface area contributed by atoms with Crippen LogP contribution in [0.4, 0.5) is 5.69 Å². The van der Waals surface area contributed by atoms with Crippen LogP contribution in [0.25, 0.3) is 0 Å². The molecule has 80 valence electrons. The second-order valence-electron chi connectivity index (χ2n) is 3.18. The van der Waals surface area contributed by atoms with E-state index in [1.807, 2.05) is 0 Å². The average Bonchev–Trinajstić information content (AvgIpc) is 2.72. The maximum Gasteiger partial charge on any atom is 0.350 e. The van der Waals surface area contributed by atoms with Crippen molar-refractivity contribution in [2.24, 2.45) is 5.73 Å². The van der Waals surface area contributed by atoms with Gasteiger partial charge in [-0.3, -0.25) is 4.79 Å². The summed E-state index contributed by atoms with van der Waals surface area (Å²) in [6, 6.07) is 1.29. The van der Waals surface area contributed by atoms with Crippen LogP contribution in [0, 0.1) is 0 Å². The number of thiophene rings is 1. The number of hydrogen-bond acceptors (Lipinski definition) is 5. The highest BCUT2D eigenvalue weighted by Gasteiger charge is 2.37. The number of anilines is 1. The molecule has 6 heteroatoms. The zero-order valence-electron chi connectivity index (χ0n) is 8.10. The number of carbonyl (C=O) groups is 2. The van der Waals surface area contributed by atoms with E-state index in [0.717, 1.165) is 0 Å². The van der Waals surface area contributed by atoms with Gasteiger partial charge < -0.3 is 15.4 Å². The summed E-state index contributed by atoms with van der Waals surface area (Å²) in [6.45, 7) is 0.458. The van der Waals surface area contributed by atoms with Gasteiger partial charge in [-0.05, 0) is 11.4 Å². The minimum atomic E-state index is -0.435. The van der Waals surface area contributed by atoms with Gasteiger partial charge >= 0.3 is 5.97 Å². The van der Waals surface area contributed by atoms with Crippen LogP contribution in [-0.2, 0) is 9.53 Å². The lowest BCUT2D eigenvalue weighted by molar-refractivity contribution is -0.123. The summed E-state index contributed by atoms with van der Waals surface area (Å²) in [5, 5.41) is 1.75. The van der Waals surface area contributed by atoms with Crippen LogP contribution in [-0.4, -0.2) is 31.6 Å². The van der Waals surface area contributed by atoms with Crippen LogP contribution >= 0.6 is 11.3 Å². The minimum absolute atomic E-state index is 0.154. The van der Waals surface area contributed by atoms with Crippen molar-refractivity contribution in [3.63, 3.8) is 0 Å². The predicted octanol–water partition coefficient (Wildman–Crippen LogP) is 0.209. The fraction of sp³-hybridized carbons (Fsp3) is 0.333. The van der Waals surface area contributed by atoms with Crippen molar-refractivity contribution in [3.8, 4) is 0 Å². The van der Waals surface area contributed by atoms with Crippen molar-refractivity contribution in [2.75, 3.05) is 18.6 Å². The molecule has 1 aliphatic heterocycles. The van der Waals surface area contributed by atoms with Crippen LogP contribution in [0.2, 0.25) is 0 Å². The standard InChI is InChI=1S/C9H10N2O3S/c1-14-9(13)7-6(2-3-15-7)11-4-5(10)8(11)12/h2-3,5H,4,10H2,1H3. The summed E-state index contributed by atoms with van der Waals surface area (Å²) in [4.78, 5) is 24.7. The van der Waals surface area contributed by atoms with E-state index in [-0.39, 0.29) is 5.91 Å². The van der Waals surface area contributed by atoms with Gasteiger partial charge in [0.2, 0.25) is 5.91 Å². The molecule has 15 heavy (non-hydrogen) atoms. The Balaban J connectivity index is 2.26. The molecule has 1 amide bonds. The number of carbonyl (C=O) groups excluding carboxylic acids is 2. The molecule has 1 fully saturated rings. The zero-order chi connectivity index (χ0) is 11.0. The summed E-state index contributed by atoms with van der Waals surface area (Å²) < 4.78 is 4.62. The van der Waals surface area contributed by atoms with E-state index >= 15 is 0 Å². The Kier molecular flexibility index (Phi) is 2.45.